The number of nitrogens with zero attached hydrogens (tertiary/aromatic N) is 3. The third-order valence-electron chi connectivity index (χ3n) is 5.20. The van der Waals surface area contributed by atoms with Crippen molar-refractivity contribution in [3.63, 3.8) is 0 Å². The Hall–Kier alpha value is -3.36. The minimum Gasteiger partial charge on any atom is -0.348 e. The Morgan fingerprint density at radius 2 is 1.87 bits per heavy atom. The van der Waals surface area contributed by atoms with E-state index >= 15 is 0 Å². The number of amides is 2. The largest absolute Gasteiger partial charge is 0.416 e. The summed E-state index contributed by atoms with van der Waals surface area (Å²) >= 11 is 0. The van der Waals surface area contributed by atoms with Gasteiger partial charge in [0.1, 0.15) is 0 Å². The van der Waals surface area contributed by atoms with Crippen molar-refractivity contribution in [2.24, 2.45) is 0 Å². The number of halogens is 3. The van der Waals surface area contributed by atoms with Crippen LogP contribution in [0.1, 0.15) is 39.0 Å². The standard InChI is InChI=1S/C21H19F3N4O2/c1-2-27-9-10-28-17-8-5-14(11-16(17)26-18(28)20(27)30)19(29)25-12-13-3-6-15(7-4-13)21(22,23)24/h3-8,11H,2,9-10,12H2,1H3,(H,25,29). The molecule has 0 aliphatic carbocycles. The minimum atomic E-state index is -4.39. The molecule has 4 rings (SSSR count). The van der Waals surface area contributed by atoms with Crippen LogP contribution in [0.3, 0.4) is 0 Å². The SMILES string of the molecule is CCN1CCn2c(nc3cc(C(=O)NCc4ccc(C(F)(F)F)cc4)ccc32)C1=O. The van der Waals surface area contributed by atoms with E-state index in [0.29, 0.717) is 42.1 Å². The van der Waals surface area contributed by atoms with E-state index in [1.807, 2.05) is 11.5 Å². The molecule has 1 N–H and O–H groups in total. The first-order valence-electron chi connectivity index (χ1n) is 9.52. The first kappa shape index (κ1) is 19.9. The topological polar surface area (TPSA) is 67.2 Å². The van der Waals surface area contributed by atoms with Gasteiger partial charge in [0.25, 0.3) is 11.8 Å². The van der Waals surface area contributed by atoms with Crippen LogP contribution in [0.4, 0.5) is 13.2 Å². The number of aromatic nitrogens is 2. The molecule has 156 valence electrons. The number of nitrogens with one attached hydrogen (secondary N) is 1. The maximum atomic E-state index is 12.6. The number of likely N-dealkylation sites (N-methyl/N-ethyl adjacent to an activating group) is 1. The van der Waals surface area contributed by atoms with Gasteiger partial charge in [0.2, 0.25) is 0 Å². The third-order valence-corrected chi connectivity index (χ3v) is 5.20. The summed E-state index contributed by atoms with van der Waals surface area (Å²) in [6.45, 7) is 3.88. The fraction of sp³-hybridized carbons (Fsp3) is 0.286. The Kier molecular flexibility index (Phi) is 4.97. The van der Waals surface area contributed by atoms with Crippen LogP contribution in [0.25, 0.3) is 11.0 Å². The molecule has 0 saturated carbocycles. The first-order chi connectivity index (χ1) is 14.3. The summed E-state index contributed by atoms with van der Waals surface area (Å²) in [4.78, 5) is 31.1. The number of alkyl halides is 3. The molecule has 2 amide bonds. The molecule has 1 aliphatic heterocycles. The zero-order chi connectivity index (χ0) is 21.5. The monoisotopic (exact) mass is 416 g/mol. The van der Waals surface area contributed by atoms with Crippen molar-refractivity contribution in [1.29, 1.82) is 0 Å². The van der Waals surface area contributed by atoms with Crippen molar-refractivity contribution in [3.05, 3.63) is 65.0 Å². The van der Waals surface area contributed by atoms with Gasteiger partial charge in [-0.25, -0.2) is 4.98 Å². The summed E-state index contributed by atoms with van der Waals surface area (Å²) in [6, 6.07) is 9.66. The summed E-state index contributed by atoms with van der Waals surface area (Å²) in [5.41, 5.74) is 1.53. The number of hydrogen-bond acceptors (Lipinski definition) is 3. The van der Waals surface area contributed by atoms with Crippen LogP contribution in [-0.2, 0) is 19.3 Å². The average molecular weight is 416 g/mol. The second-order valence-electron chi connectivity index (χ2n) is 7.05. The van der Waals surface area contributed by atoms with E-state index < -0.39 is 11.7 Å². The van der Waals surface area contributed by atoms with Crippen molar-refractivity contribution in [3.8, 4) is 0 Å². The number of fused-ring (bicyclic) bond motifs is 3. The molecule has 0 fully saturated rings. The Bertz CT molecular complexity index is 1120. The number of rotatable bonds is 4. The van der Waals surface area contributed by atoms with Crippen molar-refractivity contribution < 1.29 is 22.8 Å². The van der Waals surface area contributed by atoms with E-state index in [1.54, 1.807) is 23.1 Å². The molecule has 1 aromatic heterocycles. The van der Waals surface area contributed by atoms with Crippen LogP contribution in [-0.4, -0.2) is 39.4 Å². The highest BCUT2D eigenvalue weighted by atomic mass is 19.4. The molecule has 0 atom stereocenters. The summed E-state index contributed by atoms with van der Waals surface area (Å²) < 4.78 is 39.8. The summed E-state index contributed by atoms with van der Waals surface area (Å²) in [5, 5.41) is 2.69. The molecule has 0 spiro atoms. The van der Waals surface area contributed by atoms with Crippen molar-refractivity contribution in [2.45, 2.75) is 26.2 Å². The quantitative estimate of drug-likeness (QED) is 0.708. The smallest absolute Gasteiger partial charge is 0.348 e. The first-order valence-corrected chi connectivity index (χ1v) is 9.52. The van der Waals surface area contributed by atoms with Crippen LogP contribution in [0.15, 0.2) is 42.5 Å². The van der Waals surface area contributed by atoms with Gasteiger partial charge in [-0.1, -0.05) is 12.1 Å². The highest BCUT2D eigenvalue weighted by molar-refractivity contribution is 5.99. The van der Waals surface area contributed by atoms with Gasteiger partial charge in [-0.05, 0) is 42.8 Å². The molecule has 3 aromatic rings. The van der Waals surface area contributed by atoms with Crippen LogP contribution in [0.5, 0.6) is 0 Å². The molecule has 2 aromatic carbocycles. The van der Waals surface area contributed by atoms with Gasteiger partial charge in [-0.2, -0.15) is 13.2 Å². The number of carbonyl (C=O) groups excluding carboxylic acids is 2. The van der Waals surface area contributed by atoms with E-state index in [-0.39, 0.29) is 18.4 Å². The van der Waals surface area contributed by atoms with Gasteiger partial charge >= 0.3 is 6.18 Å². The van der Waals surface area contributed by atoms with E-state index in [2.05, 4.69) is 10.3 Å². The lowest BCUT2D eigenvalue weighted by molar-refractivity contribution is -0.137. The summed E-state index contributed by atoms with van der Waals surface area (Å²) in [7, 11) is 0. The van der Waals surface area contributed by atoms with E-state index in [1.165, 1.54) is 12.1 Å². The van der Waals surface area contributed by atoms with Crippen LogP contribution in [0, 0.1) is 0 Å². The highest BCUT2D eigenvalue weighted by Gasteiger charge is 2.30. The van der Waals surface area contributed by atoms with E-state index in [9.17, 15) is 22.8 Å². The summed E-state index contributed by atoms with van der Waals surface area (Å²) in [5.74, 6) is -0.141. The maximum Gasteiger partial charge on any atom is 0.416 e. The van der Waals surface area contributed by atoms with Crippen molar-refractivity contribution in [1.82, 2.24) is 19.8 Å². The number of hydrogen-bond donors (Lipinski definition) is 1. The van der Waals surface area contributed by atoms with Crippen LogP contribution in [0.2, 0.25) is 0 Å². The Morgan fingerprint density at radius 3 is 2.53 bits per heavy atom. The lowest BCUT2D eigenvalue weighted by atomic mass is 10.1. The molecule has 9 heteroatoms. The lowest BCUT2D eigenvalue weighted by Gasteiger charge is -2.26. The molecular formula is C21H19F3N4O2. The van der Waals surface area contributed by atoms with Crippen molar-refractivity contribution in [2.75, 3.05) is 13.1 Å². The second kappa shape index (κ2) is 7.47. The number of benzene rings is 2. The molecule has 0 bridgehead atoms. The number of carbonyl (C=O) groups is 2. The summed E-state index contributed by atoms with van der Waals surface area (Å²) in [6.07, 6.45) is -4.39. The molecular weight excluding hydrogens is 397 g/mol. The van der Waals surface area contributed by atoms with Gasteiger partial charge in [0, 0.05) is 31.7 Å². The van der Waals surface area contributed by atoms with Crippen molar-refractivity contribution >= 4 is 22.8 Å². The molecule has 0 saturated heterocycles. The van der Waals surface area contributed by atoms with Gasteiger partial charge in [0.15, 0.2) is 5.82 Å². The van der Waals surface area contributed by atoms with Crippen LogP contribution >= 0.6 is 0 Å². The second-order valence-corrected chi connectivity index (χ2v) is 7.05. The molecule has 0 radical (unpaired) electrons. The Labute approximate surface area is 170 Å². The lowest BCUT2D eigenvalue weighted by Crippen LogP contribution is -2.40. The fourth-order valence-corrected chi connectivity index (χ4v) is 3.52. The zero-order valence-electron chi connectivity index (χ0n) is 16.2. The van der Waals surface area contributed by atoms with Gasteiger partial charge in [-0.3, -0.25) is 9.59 Å². The van der Waals surface area contributed by atoms with E-state index in [0.717, 1.165) is 17.6 Å². The number of imidazole rings is 1. The van der Waals surface area contributed by atoms with Crippen LogP contribution < -0.4 is 5.32 Å². The normalized spacial score (nSPS) is 14.1. The molecule has 2 heterocycles. The Morgan fingerprint density at radius 1 is 1.13 bits per heavy atom. The molecule has 1 aliphatic rings. The predicted molar refractivity (Wildman–Crippen MR) is 104 cm³/mol. The van der Waals surface area contributed by atoms with Gasteiger partial charge in [-0.15, -0.1) is 0 Å². The maximum absolute atomic E-state index is 12.6. The predicted octanol–water partition coefficient (Wildman–Crippen LogP) is 3.46. The molecule has 30 heavy (non-hydrogen) atoms. The molecule has 6 nitrogen and oxygen atoms in total. The van der Waals surface area contributed by atoms with E-state index in [4.69, 9.17) is 0 Å². The highest BCUT2D eigenvalue weighted by Crippen LogP contribution is 2.29. The van der Waals surface area contributed by atoms with Gasteiger partial charge in [0.05, 0.1) is 16.6 Å². The minimum absolute atomic E-state index is 0.0959. The Balaban J connectivity index is 1.49. The third kappa shape index (κ3) is 3.62. The van der Waals surface area contributed by atoms with Gasteiger partial charge < -0.3 is 14.8 Å². The molecule has 0 unspecified atom stereocenters. The fourth-order valence-electron chi connectivity index (χ4n) is 3.52. The average Bonchev–Trinajstić information content (AvgIpc) is 3.11. The zero-order valence-corrected chi connectivity index (χ0v) is 16.2.